The maximum absolute atomic E-state index is 13.5. The number of carbonyl (C=O) groups excluding carboxylic acids is 1. The summed E-state index contributed by atoms with van der Waals surface area (Å²) >= 11 is 0. The highest BCUT2D eigenvalue weighted by molar-refractivity contribution is 6.05. The van der Waals surface area contributed by atoms with Crippen LogP contribution in [0.1, 0.15) is 69.9 Å². The summed E-state index contributed by atoms with van der Waals surface area (Å²) in [6.07, 6.45) is 11.5. The van der Waals surface area contributed by atoms with Gasteiger partial charge in [-0.2, -0.15) is 0 Å². The van der Waals surface area contributed by atoms with Gasteiger partial charge in [-0.15, -0.1) is 0 Å². The van der Waals surface area contributed by atoms with Gasteiger partial charge in [0.2, 0.25) is 0 Å². The highest BCUT2D eigenvalue weighted by Gasteiger charge is 2.59. The molecule has 1 N–H and O–H groups in total. The molecule has 5 rings (SSSR count). The lowest BCUT2D eigenvalue weighted by Crippen LogP contribution is -2.50. The van der Waals surface area contributed by atoms with Gasteiger partial charge in [0.25, 0.3) is 0 Å². The Labute approximate surface area is 175 Å². The molecule has 0 amide bonds. The van der Waals surface area contributed by atoms with E-state index in [1.165, 1.54) is 11.1 Å². The van der Waals surface area contributed by atoms with E-state index in [1.54, 1.807) is 0 Å². The second kappa shape index (κ2) is 6.67. The fourth-order valence-electron chi connectivity index (χ4n) is 7.31. The number of benzene rings is 1. The van der Waals surface area contributed by atoms with Crippen LogP contribution in [0.15, 0.2) is 41.5 Å². The summed E-state index contributed by atoms with van der Waals surface area (Å²) in [4.78, 5) is 13.5. The lowest BCUT2D eigenvalue weighted by molar-refractivity contribution is -0.130. The van der Waals surface area contributed by atoms with Gasteiger partial charge >= 0.3 is 0 Å². The van der Waals surface area contributed by atoms with E-state index >= 15 is 0 Å². The summed E-state index contributed by atoms with van der Waals surface area (Å²) < 4.78 is 0. The standard InChI is InChI=1S/C27H34O2/c1-17-4-6-18(7-5-17)14-19-15-24-22-9-8-20-16-21(28)10-12-26(20,2)23(22)11-13-27(24,3)25(19)29/h4-8,14,21-24,28H,9-13,15-16H2,1-3H3/b19-14-/t21?,22?,23?,24?,26-,27-/m1/s1. The highest BCUT2D eigenvalue weighted by atomic mass is 16.3. The Morgan fingerprint density at radius 3 is 2.48 bits per heavy atom. The SMILES string of the molecule is Cc1ccc(/C=C2/CC3C4CC=C5CC(O)CC[C@@]5(C)C4CC[C@@]3(C)C2=O)cc1. The van der Waals surface area contributed by atoms with E-state index in [9.17, 15) is 9.90 Å². The molecule has 4 unspecified atom stereocenters. The van der Waals surface area contributed by atoms with Crippen LogP contribution in [0.4, 0.5) is 0 Å². The zero-order chi connectivity index (χ0) is 20.4. The summed E-state index contributed by atoms with van der Waals surface area (Å²) in [5.41, 5.74) is 4.99. The van der Waals surface area contributed by atoms with Crippen LogP contribution < -0.4 is 0 Å². The van der Waals surface area contributed by atoms with Crippen molar-refractivity contribution in [2.24, 2.45) is 28.6 Å². The predicted octanol–water partition coefficient (Wildman–Crippen LogP) is 5.88. The molecule has 0 aliphatic heterocycles. The molecule has 0 aromatic heterocycles. The molecule has 3 saturated carbocycles. The van der Waals surface area contributed by atoms with Gasteiger partial charge in [-0.25, -0.2) is 0 Å². The third kappa shape index (κ3) is 2.90. The number of ketones is 1. The summed E-state index contributed by atoms with van der Waals surface area (Å²) in [7, 11) is 0. The fraction of sp³-hybridized carbons (Fsp3) is 0.593. The fourth-order valence-corrected chi connectivity index (χ4v) is 7.31. The van der Waals surface area contributed by atoms with Gasteiger partial charge in [0.15, 0.2) is 5.78 Å². The largest absolute Gasteiger partial charge is 0.393 e. The number of aliphatic hydroxyl groups is 1. The first kappa shape index (κ1) is 19.3. The zero-order valence-electron chi connectivity index (χ0n) is 18.1. The molecule has 2 heteroatoms. The molecule has 0 bridgehead atoms. The quantitative estimate of drug-likeness (QED) is 0.480. The molecule has 154 valence electrons. The van der Waals surface area contributed by atoms with Crippen molar-refractivity contribution in [3.63, 3.8) is 0 Å². The normalized spacial score (nSPS) is 42.8. The van der Waals surface area contributed by atoms with E-state index in [0.717, 1.165) is 56.1 Å². The minimum Gasteiger partial charge on any atom is -0.393 e. The molecule has 2 nitrogen and oxygen atoms in total. The molecule has 6 atom stereocenters. The topological polar surface area (TPSA) is 37.3 Å². The predicted molar refractivity (Wildman–Crippen MR) is 117 cm³/mol. The van der Waals surface area contributed by atoms with Crippen LogP contribution in [0.3, 0.4) is 0 Å². The Hall–Kier alpha value is -1.67. The Morgan fingerprint density at radius 1 is 1.00 bits per heavy atom. The van der Waals surface area contributed by atoms with E-state index in [0.29, 0.717) is 23.5 Å². The van der Waals surface area contributed by atoms with Gasteiger partial charge in [0, 0.05) is 5.41 Å². The van der Waals surface area contributed by atoms with Crippen molar-refractivity contribution in [1.29, 1.82) is 0 Å². The van der Waals surface area contributed by atoms with Crippen LogP contribution in [0, 0.1) is 35.5 Å². The third-order valence-corrected chi connectivity index (χ3v) is 9.14. The van der Waals surface area contributed by atoms with Crippen molar-refractivity contribution in [2.75, 3.05) is 0 Å². The molecule has 29 heavy (non-hydrogen) atoms. The van der Waals surface area contributed by atoms with Crippen LogP contribution >= 0.6 is 0 Å². The van der Waals surface area contributed by atoms with Crippen molar-refractivity contribution in [2.45, 2.75) is 71.8 Å². The minimum atomic E-state index is -0.187. The highest BCUT2D eigenvalue weighted by Crippen LogP contribution is 2.64. The van der Waals surface area contributed by atoms with E-state index in [1.807, 2.05) is 0 Å². The Morgan fingerprint density at radius 2 is 1.72 bits per heavy atom. The van der Waals surface area contributed by atoms with Gasteiger partial charge in [-0.1, -0.05) is 55.3 Å². The number of aryl methyl sites for hydroxylation is 1. The summed E-state index contributed by atoms with van der Waals surface area (Å²) in [6.45, 7) is 6.80. The van der Waals surface area contributed by atoms with Gasteiger partial charge in [-0.05, 0) is 92.3 Å². The first-order chi connectivity index (χ1) is 13.8. The van der Waals surface area contributed by atoms with E-state index in [-0.39, 0.29) is 16.9 Å². The molecule has 1 aromatic rings. The van der Waals surface area contributed by atoms with E-state index in [2.05, 4.69) is 57.2 Å². The molecule has 3 fully saturated rings. The van der Waals surface area contributed by atoms with Crippen molar-refractivity contribution in [1.82, 2.24) is 0 Å². The Bertz CT molecular complexity index is 892. The second-order valence-electron chi connectivity index (χ2n) is 10.7. The first-order valence-corrected chi connectivity index (χ1v) is 11.5. The summed E-state index contributed by atoms with van der Waals surface area (Å²) in [5, 5.41) is 10.2. The smallest absolute Gasteiger partial charge is 0.165 e. The number of hydrogen-bond donors (Lipinski definition) is 1. The molecule has 0 saturated heterocycles. The number of rotatable bonds is 1. The molecule has 4 aliphatic rings. The van der Waals surface area contributed by atoms with Crippen LogP contribution in [-0.2, 0) is 4.79 Å². The number of hydrogen-bond acceptors (Lipinski definition) is 2. The van der Waals surface area contributed by atoms with Crippen LogP contribution in [-0.4, -0.2) is 17.0 Å². The lowest BCUT2D eigenvalue weighted by Gasteiger charge is -2.56. The molecule has 0 radical (unpaired) electrons. The Kier molecular flexibility index (Phi) is 4.44. The number of Topliss-reactive ketones (excluding diaryl/α,β-unsaturated/α-hetero) is 1. The van der Waals surface area contributed by atoms with E-state index < -0.39 is 0 Å². The second-order valence-corrected chi connectivity index (χ2v) is 10.7. The number of carbonyl (C=O) groups is 1. The van der Waals surface area contributed by atoms with Crippen LogP contribution in [0.2, 0.25) is 0 Å². The molecular weight excluding hydrogens is 356 g/mol. The average Bonchev–Trinajstić information content (AvgIpc) is 2.95. The van der Waals surface area contributed by atoms with Gasteiger partial charge in [0.1, 0.15) is 0 Å². The first-order valence-electron chi connectivity index (χ1n) is 11.5. The van der Waals surface area contributed by atoms with Crippen molar-refractivity contribution >= 4 is 11.9 Å². The van der Waals surface area contributed by atoms with Crippen molar-refractivity contribution in [3.05, 3.63) is 52.6 Å². The molecule has 0 spiro atoms. The van der Waals surface area contributed by atoms with Crippen LogP contribution in [0.25, 0.3) is 6.08 Å². The van der Waals surface area contributed by atoms with Gasteiger partial charge in [0.05, 0.1) is 6.10 Å². The molecule has 0 heterocycles. The monoisotopic (exact) mass is 390 g/mol. The number of aliphatic hydroxyl groups excluding tert-OH is 1. The van der Waals surface area contributed by atoms with E-state index in [4.69, 9.17) is 0 Å². The zero-order valence-corrected chi connectivity index (χ0v) is 18.1. The maximum atomic E-state index is 13.5. The number of fused-ring (bicyclic) bond motifs is 5. The maximum Gasteiger partial charge on any atom is 0.165 e. The molecule has 4 aliphatic carbocycles. The number of allylic oxidation sites excluding steroid dienone is 2. The van der Waals surface area contributed by atoms with Gasteiger partial charge in [-0.3, -0.25) is 4.79 Å². The average molecular weight is 391 g/mol. The summed E-state index contributed by atoms with van der Waals surface area (Å²) in [5.74, 6) is 2.14. The minimum absolute atomic E-state index is 0.156. The van der Waals surface area contributed by atoms with Crippen molar-refractivity contribution in [3.8, 4) is 0 Å². The lowest BCUT2D eigenvalue weighted by atomic mass is 9.48. The Balaban J connectivity index is 1.47. The summed E-state index contributed by atoms with van der Waals surface area (Å²) in [6, 6.07) is 8.52. The van der Waals surface area contributed by atoms with Crippen molar-refractivity contribution < 1.29 is 9.90 Å². The van der Waals surface area contributed by atoms with Crippen LogP contribution in [0.5, 0.6) is 0 Å². The van der Waals surface area contributed by atoms with Gasteiger partial charge < -0.3 is 5.11 Å². The third-order valence-electron chi connectivity index (χ3n) is 9.14. The molecular formula is C27H34O2. The molecule has 1 aromatic carbocycles.